The fraction of sp³-hybridized carbons (Fsp3) is 1.00. The second kappa shape index (κ2) is 1.49. The van der Waals surface area contributed by atoms with E-state index < -0.39 is 7.15 Å². The maximum atomic E-state index is 4.72. The average Bonchev–Trinajstić information content (AvgIpc) is 0.722. The van der Waals surface area contributed by atoms with E-state index in [1.165, 1.54) is 0 Å². The van der Waals surface area contributed by atoms with Crippen LogP contribution in [0.3, 0.4) is 0 Å². The van der Waals surface area contributed by atoms with Gasteiger partial charge in [-0.15, -0.1) is 0 Å². The van der Waals surface area contributed by atoms with E-state index in [2.05, 4.69) is 0 Å². The fourth-order valence-electron chi connectivity index (χ4n) is 0. The predicted octanol–water partition coefficient (Wildman–Crippen LogP) is 0.324. The molecule has 0 spiro atoms. The Kier molecular flexibility index (Phi) is 1.73. The minimum Gasteiger partial charge on any atom is -0.0953 e. The molecule has 0 amide bonds. The van der Waals surface area contributed by atoms with E-state index in [0.717, 1.165) is 0 Å². The van der Waals surface area contributed by atoms with Gasteiger partial charge < -0.3 is 0 Å². The van der Waals surface area contributed by atoms with Crippen LogP contribution in [0.4, 0.5) is 0 Å². The van der Waals surface area contributed by atoms with Gasteiger partial charge in [0, 0.05) is 0 Å². The van der Waals surface area contributed by atoms with E-state index in [-0.39, 0.29) is 0 Å². The molecule has 32 valence electrons. The summed E-state index contributed by atoms with van der Waals surface area (Å²) >= 11 is 9.45. The highest BCUT2D eigenvalue weighted by molar-refractivity contribution is 8.55. The second-order valence-electron chi connectivity index (χ2n) is 1.14. The first-order valence-electron chi connectivity index (χ1n) is 1.15. The van der Waals surface area contributed by atoms with E-state index in [9.17, 15) is 0 Å². The molecule has 0 unspecified atom stereocenters. The molecule has 0 aromatic heterocycles. The zero-order valence-electron chi connectivity index (χ0n) is 3.22. The molecule has 0 N–H and O–H groups in total. The molecular formula is C2H6S3. The van der Waals surface area contributed by atoms with Gasteiger partial charge in [-0.3, -0.25) is 0 Å². The van der Waals surface area contributed by atoms with Crippen molar-refractivity contribution in [2.24, 2.45) is 0 Å². The van der Waals surface area contributed by atoms with Gasteiger partial charge in [0.05, 0.1) is 0 Å². The number of rotatable bonds is 0. The fourth-order valence-corrected chi connectivity index (χ4v) is 0. The second-order valence-corrected chi connectivity index (χ2v) is 9.06. The van der Waals surface area contributed by atoms with Crippen molar-refractivity contribution in [2.75, 3.05) is 12.5 Å². The molecular weight excluding hydrogens is 120 g/mol. The third kappa shape index (κ3) is 59.7. The van der Waals surface area contributed by atoms with Crippen LogP contribution in [-0.4, -0.2) is 12.5 Å². The van der Waals surface area contributed by atoms with Gasteiger partial charge in [0.25, 0.3) is 0 Å². The maximum Gasteiger partial charge on any atom is -0.00979 e. The summed E-state index contributed by atoms with van der Waals surface area (Å²) in [5, 5.41) is 0. The van der Waals surface area contributed by atoms with Gasteiger partial charge in [0.15, 0.2) is 0 Å². The monoisotopic (exact) mass is 126 g/mol. The van der Waals surface area contributed by atoms with Crippen molar-refractivity contribution in [1.82, 2.24) is 0 Å². The Morgan fingerprint density at radius 1 is 1.20 bits per heavy atom. The van der Waals surface area contributed by atoms with Gasteiger partial charge in [-0.1, -0.05) is 7.15 Å². The lowest BCUT2D eigenvalue weighted by Crippen LogP contribution is -1.80. The molecule has 0 nitrogen and oxygen atoms in total. The molecule has 0 aliphatic carbocycles. The Hall–Kier alpha value is 0.790. The summed E-state index contributed by atoms with van der Waals surface area (Å²) < 4.78 is 0. The van der Waals surface area contributed by atoms with Crippen molar-refractivity contribution >= 4 is 29.5 Å². The van der Waals surface area contributed by atoms with E-state index in [0.29, 0.717) is 0 Å². The Morgan fingerprint density at radius 2 is 1.20 bits per heavy atom. The molecule has 0 fully saturated rings. The SMILES string of the molecule is CS(C)(=S)=S. The molecule has 0 heterocycles. The highest BCUT2D eigenvalue weighted by atomic mass is 33.1. The smallest absolute Gasteiger partial charge is 0.00979 e. The number of hydrogen-bond donors (Lipinski definition) is 0. The Bertz CT molecular complexity index is 88.1. The molecule has 0 bridgehead atoms. The van der Waals surface area contributed by atoms with Crippen molar-refractivity contribution in [3.05, 3.63) is 0 Å². The topological polar surface area (TPSA) is 0 Å². The lowest BCUT2D eigenvalue weighted by molar-refractivity contribution is 2.34. The van der Waals surface area contributed by atoms with E-state index >= 15 is 0 Å². The third-order valence-electron chi connectivity index (χ3n) is 0. The summed E-state index contributed by atoms with van der Waals surface area (Å²) in [5.74, 6) is 0. The average molecular weight is 126 g/mol. The number of hydrogen-bond acceptors (Lipinski definition) is 2. The molecule has 0 rings (SSSR count). The zero-order valence-corrected chi connectivity index (χ0v) is 5.67. The van der Waals surface area contributed by atoms with Crippen molar-refractivity contribution in [1.29, 1.82) is 0 Å². The maximum absolute atomic E-state index is 4.72. The Labute approximate surface area is 42.4 Å². The van der Waals surface area contributed by atoms with Crippen molar-refractivity contribution in [2.45, 2.75) is 0 Å². The van der Waals surface area contributed by atoms with Gasteiger partial charge in [-0.25, -0.2) is 0 Å². The van der Waals surface area contributed by atoms with Crippen LogP contribution in [0, 0.1) is 0 Å². The Morgan fingerprint density at radius 3 is 1.20 bits per heavy atom. The summed E-state index contributed by atoms with van der Waals surface area (Å²) in [4.78, 5) is 0. The summed E-state index contributed by atoms with van der Waals surface area (Å²) in [6.45, 7) is 0. The standard InChI is InChI=1S/C2H6S3/c1-5(2,3)4/h1-2H3. The Balaban J connectivity index is 4.06. The first-order chi connectivity index (χ1) is 2.00. The normalized spacial score (nSPS) is 11.6. The quantitative estimate of drug-likeness (QED) is 0.458. The van der Waals surface area contributed by atoms with E-state index in [4.69, 9.17) is 22.4 Å². The van der Waals surface area contributed by atoms with Crippen LogP contribution in [0.15, 0.2) is 0 Å². The summed E-state index contributed by atoms with van der Waals surface area (Å²) in [7, 11) is -1.00. The van der Waals surface area contributed by atoms with Gasteiger partial charge >= 0.3 is 0 Å². The van der Waals surface area contributed by atoms with Crippen molar-refractivity contribution in [3.63, 3.8) is 0 Å². The summed E-state index contributed by atoms with van der Waals surface area (Å²) in [6.07, 6.45) is 3.80. The van der Waals surface area contributed by atoms with Gasteiger partial charge in [-0.05, 0) is 34.9 Å². The highest BCUT2D eigenvalue weighted by Crippen LogP contribution is 1.67. The molecule has 0 saturated carbocycles. The first-order valence-corrected chi connectivity index (χ1v) is 5.45. The van der Waals surface area contributed by atoms with E-state index in [1.807, 2.05) is 12.5 Å². The van der Waals surface area contributed by atoms with Gasteiger partial charge in [0.1, 0.15) is 0 Å². The molecule has 0 atom stereocenters. The van der Waals surface area contributed by atoms with Gasteiger partial charge in [-0.2, -0.15) is 0 Å². The molecule has 0 aliphatic rings. The highest BCUT2D eigenvalue weighted by Gasteiger charge is 1.68. The molecule has 0 aromatic carbocycles. The largest absolute Gasteiger partial charge is 0.0953 e. The van der Waals surface area contributed by atoms with Crippen molar-refractivity contribution < 1.29 is 0 Å². The van der Waals surface area contributed by atoms with Crippen molar-refractivity contribution in [3.8, 4) is 0 Å². The lowest BCUT2D eigenvalue weighted by atomic mass is 11.9. The molecule has 0 aliphatic heterocycles. The van der Waals surface area contributed by atoms with Crippen LogP contribution in [0.1, 0.15) is 0 Å². The third-order valence-corrected chi connectivity index (χ3v) is 0. The predicted molar refractivity (Wildman–Crippen MR) is 33.9 cm³/mol. The van der Waals surface area contributed by atoms with E-state index in [1.54, 1.807) is 0 Å². The van der Waals surface area contributed by atoms with Crippen LogP contribution < -0.4 is 0 Å². The minimum atomic E-state index is -1.00. The first kappa shape index (κ1) is 5.79. The van der Waals surface area contributed by atoms with Crippen LogP contribution in [0.2, 0.25) is 0 Å². The molecule has 0 saturated heterocycles. The molecule has 3 heteroatoms. The summed E-state index contributed by atoms with van der Waals surface area (Å²) in [6, 6.07) is 0. The lowest BCUT2D eigenvalue weighted by Gasteiger charge is -1.79. The molecule has 0 aromatic rings. The van der Waals surface area contributed by atoms with Crippen LogP contribution in [0.25, 0.3) is 0 Å². The van der Waals surface area contributed by atoms with Gasteiger partial charge in [0.2, 0.25) is 0 Å². The van der Waals surface area contributed by atoms with Crippen LogP contribution >= 0.6 is 0 Å². The summed E-state index contributed by atoms with van der Waals surface area (Å²) in [5.41, 5.74) is 0. The van der Waals surface area contributed by atoms with Crippen LogP contribution in [-0.2, 0) is 29.5 Å². The molecule has 5 heavy (non-hydrogen) atoms. The minimum absolute atomic E-state index is 1.00. The zero-order chi connectivity index (χ0) is 4.50. The molecule has 0 radical (unpaired) electrons. The van der Waals surface area contributed by atoms with Crippen LogP contribution in [0.5, 0.6) is 0 Å².